The van der Waals surface area contributed by atoms with Crippen molar-refractivity contribution in [3.05, 3.63) is 38.9 Å². The van der Waals surface area contributed by atoms with E-state index in [0.29, 0.717) is 0 Å². The van der Waals surface area contributed by atoms with E-state index in [9.17, 15) is 14.9 Å². The highest BCUT2D eigenvalue weighted by atomic mass is 35.5. The van der Waals surface area contributed by atoms with Gasteiger partial charge >= 0.3 is 0 Å². The number of nitro groups is 1. The minimum Gasteiger partial charge on any atom is -0.395 e. The fourth-order valence-corrected chi connectivity index (χ4v) is 2.41. The summed E-state index contributed by atoms with van der Waals surface area (Å²) in [5.74, 6) is -0.424. The highest BCUT2D eigenvalue weighted by Gasteiger charge is 2.32. The van der Waals surface area contributed by atoms with Gasteiger partial charge in [-0.25, -0.2) is 0 Å². The van der Waals surface area contributed by atoms with Gasteiger partial charge < -0.3 is 10.0 Å². The van der Waals surface area contributed by atoms with E-state index in [1.54, 1.807) is 0 Å². The molecule has 0 spiro atoms. The fraction of sp³-hybridized carbons (Fsp3) is 0.462. The molecule has 108 valence electrons. The lowest BCUT2D eigenvalue weighted by Gasteiger charge is -2.37. The summed E-state index contributed by atoms with van der Waals surface area (Å²) in [6.07, 6.45) is 2.77. The number of carbonyl (C=O) groups is 1. The molecule has 0 saturated heterocycles. The number of amides is 1. The van der Waals surface area contributed by atoms with Gasteiger partial charge in [0.25, 0.3) is 11.6 Å². The van der Waals surface area contributed by atoms with E-state index < -0.39 is 10.8 Å². The lowest BCUT2D eigenvalue weighted by atomic mass is 9.91. The molecule has 0 radical (unpaired) electrons. The van der Waals surface area contributed by atoms with Crippen molar-refractivity contribution < 1.29 is 14.8 Å². The van der Waals surface area contributed by atoms with Crippen LogP contribution in [0.1, 0.15) is 29.6 Å². The Kier molecular flexibility index (Phi) is 4.57. The van der Waals surface area contributed by atoms with E-state index >= 15 is 0 Å². The van der Waals surface area contributed by atoms with Gasteiger partial charge in [0.1, 0.15) is 5.56 Å². The lowest BCUT2D eigenvalue weighted by molar-refractivity contribution is -0.385. The van der Waals surface area contributed by atoms with Crippen LogP contribution in [0.15, 0.2) is 18.2 Å². The van der Waals surface area contributed by atoms with Crippen molar-refractivity contribution in [2.24, 2.45) is 0 Å². The van der Waals surface area contributed by atoms with Crippen LogP contribution in [0.25, 0.3) is 0 Å². The van der Waals surface area contributed by atoms with Crippen LogP contribution in [-0.2, 0) is 0 Å². The van der Waals surface area contributed by atoms with Gasteiger partial charge in [-0.3, -0.25) is 14.9 Å². The van der Waals surface area contributed by atoms with Gasteiger partial charge in [-0.15, -0.1) is 0 Å². The smallest absolute Gasteiger partial charge is 0.283 e. The zero-order valence-electron chi connectivity index (χ0n) is 10.8. The topological polar surface area (TPSA) is 83.7 Å². The predicted molar refractivity (Wildman–Crippen MR) is 73.9 cm³/mol. The van der Waals surface area contributed by atoms with Crippen LogP contribution >= 0.6 is 11.6 Å². The first-order valence-electron chi connectivity index (χ1n) is 6.40. The number of halogens is 1. The molecule has 0 atom stereocenters. The first-order chi connectivity index (χ1) is 9.54. The molecule has 0 heterocycles. The maximum Gasteiger partial charge on any atom is 0.283 e. The SMILES string of the molecule is O=C(c1ccc(Cl)cc1[N+](=O)[O-])N(CCO)C1CCC1. The predicted octanol–water partition coefficient (Wildman–Crippen LogP) is 2.24. The molecule has 1 amide bonds. The number of aliphatic hydroxyl groups excluding tert-OH is 1. The third kappa shape index (κ3) is 2.91. The van der Waals surface area contributed by atoms with Gasteiger partial charge in [0.2, 0.25) is 0 Å². The van der Waals surface area contributed by atoms with Crippen LogP contribution < -0.4 is 0 Å². The number of hydrogen-bond acceptors (Lipinski definition) is 4. The van der Waals surface area contributed by atoms with Crippen molar-refractivity contribution in [1.82, 2.24) is 4.90 Å². The van der Waals surface area contributed by atoms with Crippen molar-refractivity contribution >= 4 is 23.2 Å². The molecule has 1 aromatic carbocycles. The van der Waals surface area contributed by atoms with Gasteiger partial charge in [0, 0.05) is 23.7 Å². The van der Waals surface area contributed by atoms with Crippen LogP contribution in [0, 0.1) is 10.1 Å². The van der Waals surface area contributed by atoms with E-state index in [2.05, 4.69) is 0 Å². The van der Waals surface area contributed by atoms with E-state index in [0.717, 1.165) is 19.3 Å². The Balaban J connectivity index is 2.33. The first kappa shape index (κ1) is 14.7. The Morgan fingerprint density at radius 3 is 2.70 bits per heavy atom. The molecule has 0 unspecified atom stereocenters. The third-order valence-electron chi connectivity index (χ3n) is 3.50. The second-order valence-corrected chi connectivity index (χ2v) is 5.16. The maximum absolute atomic E-state index is 12.5. The number of carbonyl (C=O) groups excluding carboxylic acids is 1. The summed E-state index contributed by atoms with van der Waals surface area (Å²) in [5, 5.41) is 20.3. The Morgan fingerprint density at radius 1 is 1.50 bits per heavy atom. The van der Waals surface area contributed by atoms with E-state index in [1.807, 2.05) is 0 Å². The molecule has 7 heteroatoms. The normalized spacial score (nSPS) is 14.7. The van der Waals surface area contributed by atoms with Crippen LogP contribution in [-0.4, -0.2) is 40.0 Å². The molecule has 1 aromatic rings. The Bertz CT molecular complexity index is 531. The molecule has 0 bridgehead atoms. The minimum atomic E-state index is -0.614. The third-order valence-corrected chi connectivity index (χ3v) is 3.74. The van der Waals surface area contributed by atoms with Crippen LogP contribution in [0.3, 0.4) is 0 Å². The second-order valence-electron chi connectivity index (χ2n) is 4.73. The van der Waals surface area contributed by atoms with E-state index in [-0.39, 0.29) is 35.5 Å². The van der Waals surface area contributed by atoms with Crippen molar-refractivity contribution in [2.45, 2.75) is 25.3 Å². The summed E-state index contributed by atoms with van der Waals surface area (Å²) in [7, 11) is 0. The highest BCUT2D eigenvalue weighted by molar-refractivity contribution is 6.31. The largest absolute Gasteiger partial charge is 0.395 e. The monoisotopic (exact) mass is 298 g/mol. The summed E-state index contributed by atoms with van der Waals surface area (Å²) in [6, 6.07) is 4.06. The molecular weight excluding hydrogens is 284 g/mol. The molecule has 1 fully saturated rings. The highest BCUT2D eigenvalue weighted by Crippen LogP contribution is 2.29. The van der Waals surface area contributed by atoms with Crippen molar-refractivity contribution in [3.63, 3.8) is 0 Å². The van der Waals surface area contributed by atoms with E-state index in [1.165, 1.54) is 23.1 Å². The quantitative estimate of drug-likeness (QED) is 0.667. The number of hydrogen-bond donors (Lipinski definition) is 1. The fourth-order valence-electron chi connectivity index (χ4n) is 2.25. The number of nitrogens with zero attached hydrogens (tertiary/aromatic N) is 2. The molecule has 1 aliphatic carbocycles. The van der Waals surface area contributed by atoms with Crippen LogP contribution in [0.5, 0.6) is 0 Å². The average Bonchev–Trinajstić information content (AvgIpc) is 2.35. The number of rotatable bonds is 5. The molecule has 20 heavy (non-hydrogen) atoms. The molecule has 6 nitrogen and oxygen atoms in total. The Morgan fingerprint density at radius 2 is 2.20 bits per heavy atom. The summed E-state index contributed by atoms with van der Waals surface area (Å²) in [6.45, 7) is 0.0207. The maximum atomic E-state index is 12.5. The Labute approximate surface area is 121 Å². The number of nitro benzene ring substituents is 1. The molecule has 2 rings (SSSR count). The molecule has 1 N–H and O–H groups in total. The van der Waals surface area contributed by atoms with Gasteiger partial charge in [-0.2, -0.15) is 0 Å². The minimum absolute atomic E-state index is 0.0137. The standard InChI is InChI=1S/C13H15ClN2O4/c14-9-4-5-11(12(8-9)16(19)20)13(18)15(6-7-17)10-2-1-3-10/h4-5,8,10,17H,1-3,6-7H2. The lowest BCUT2D eigenvalue weighted by Crippen LogP contribution is -2.45. The molecule has 0 aromatic heterocycles. The summed E-state index contributed by atoms with van der Waals surface area (Å²) in [4.78, 5) is 24.4. The second kappa shape index (κ2) is 6.19. The van der Waals surface area contributed by atoms with Crippen molar-refractivity contribution in [3.8, 4) is 0 Å². The molecule has 1 aliphatic rings. The summed E-state index contributed by atoms with van der Waals surface area (Å²) < 4.78 is 0. The first-order valence-corrected chi connectivity index (χ1v) is 6.78. The Hall–Kier alpha value is -1.66. The van der Waals surface area contributed by atoms with Gasteiger partial charge in [0.15, 0.2) is 0 Å². The molecule has 0 aliphatic heterocycles. The van der Waals surface area contributed by atoms with Gasteiger partial charge in [-0.05, 0) is 31.4 Å². The van der Waals surface area contributed by atoms with Crippen LogP contribution in [0.4, 0.5) is 5.69 Å². The summed E-state index contributed by atoms with van der Waals surface area (Å²) >= 11 is 5.74. The van der Waals surface area contributed by atoms with Crippen LogP contribution in [0.2, 0.25) is 5.02 Å². The zero-order chi connectivity index (χ0) is 14.7. The average molecular weight is 299 g/mol. The molecule has 1 saturated carbocycles. The van der Waals surface area contributed by atoms with Crippen molar-refractivity contribution in [2.75, 3.05) is 13.2 Å². The number of benzene rings is 1. The molecular formula is C13H15ClN2O4. The van der Waals surface area contributed by atoms with Crippen molar-refractivity contribution in [1.29, 1.82) is 0 Å². The number of aliphatic hydroxyl groups is 1. The van der Waals surface area contributed by atoms with Gasteiger partial charge in [0.05, 0.1) is 11.5 Å². The van der Waals surface area contributed by atoms with Gasteiger partial charge in [-0.1, -0.05) is 11.6 Å². The summed E-state index contributed by atoms with van der Waals surface area (Å²) in [5.41, 5.74) is -0.287. The van der Waals surface area contributed by atoms with E-state index in [4.69, 9.17) is 16.7 Å². The zero-order valence-corrected chi connectivity index (χ0v) is 11.5.